The minimum Gasteiger partial charge on any atom is -0.361 e. The Bertz CT molecular complexity index is 949. The molecule has 0 aliphatic carbocycles. The Balaban J connectivity index is 1.81. The predicted octanol–water partition coefficient (Wildman–Crippen LogP) is 3.68. The number of benzene rings is 1. The molecule has 2 amide bonds. The van der Waals surface area contributed by atoms with Crippen LogP contribution < -0.4 is 10.6 Å². The molecule has 1 aromatic carbocycles. The smallest absolute Gasteiger partial charge is 0.253 e. The maximum absolute atomic E-state index is 13.8. The number of aromatic amines is 1. The number of rotatable bonds is 8. The first kappa shape index (κ1) is 22.0. The molecule has 2 aromatic rings. The monoisotopic (exact) mass is 414 g/mol. The van der Waals surface area contributed by atoms with Crippen molar-refractivity contribution >= 4 is 17.5 Å². The lowest BCUT2D eigenvalue weighted by atomic mass is 9.84. The van der Waals surface area contributed by atoms with Crippen LogP contribution in [0.4, 0.5) is 10.1 Å². The van der Waals surface area contributed by atoms with Crippen molar-refractivity contribution < 1.29 is 14.0 Å². The van der Waals surface area contributed by atoms with Crippen LogP contribution in [0.15, 0.2) is 18.2 Å². The van der Waals surface area contributed by atoms with Gasteiger partial charge >= 0.3 is 0 Å². The number of carbonyl (C=O) groups is 2. The molecule has 0 radical (unpaired) electrons. The van der Waals surface area contributed by atoms with E-state index in [1.807, 2.05) is 20.8 Å². The second kappa shape index (κ2) is 9.00. The second-order valence-corrected chi connectivity index (χ2v) is 7.93. The molecular formula is C23H31FN4O2. The number of nitrogens with one attached hydrogen (secondary N) is 3. The number of aromatic nitrogens is 1. The molecule has 1 aliphatic rings. The van der Waals surface area contributed by atoms with Gasteiger partial charge in [-0.3, -0.25) is 9.59 Å². The molecule has 0 fully saturated rings. The van der Waals surface area contributed by atoms with Crippen molar-refractivity contribution in [1.29, 1.82) is 0 Å². The van der Waals surface area contributed by atoms with Gasteiger partial charge in [0, 0.05) is 36.1 Å². The molecule has 0 bridgehead atoms. The van der Waals surface area contributed by atoms with Crippen LogP contribution in [0.3, 0.4) is 0 Å². The maximum Gasteiger partial charge on any atom is 0.253 e. The number of carbonyl (C=O) groups excluding carboxylic acids is 2. The molecule has 0 spiro atoms. The molecule has 0 saturated heterocycles. The third-order valence-electron chi connectivity index (χ3n) is 6.16. The highest BCUT2D eigenvalue weighted by molar-refractivity contribution is 6.03. The van der Waals surface area contributed by atoms with Gasteiger partial charge in [-0.2, -0.15) is 0 Å². The zero-order valence-corrected chi connectivity index (χ0v) is 18.4. The highest BCUT2D eigenvalue weighted by Gasteiger charge is 2.37. The van der Waals surface area contributed by atoms with Crippen LogP contribution in [-0.4, -0.2) is 47.9 Å². The Morgan fingerprint density at radius 1 is 1.27 bits per heavy atom. The normalized spacial score (nSPS) is 16.5. The van der Waals surface area contributed by atoms with Crippen molar-refractivity contribution in [3.63, 3.8) is 0 Å². The summed E-state index contributed by atoms with van der Waals surface area (Å²) in [4.78, 5) is 31.0. The first-order valence-corrected chi connectivity index (χ1v) is 10.6. The van der Waals surface area contributed by atoms with E-state index in [0.29, 0.717) is 23.4 Å². The summed E-state index contributed by atoms with van der Waals surface area (Å²) in [7, 11) is 0. The number of halogens is 1. The molecular weight excluding hydrogens is 383 g/mol. The van der Waals surface area contributed by atoms with E-state index in [1.54, 1.807) is 6.07 Å². The number of H-pyrrole nitrogens is 1. The fraction of sp³-hybridized carbons (Fsp3) is 0.478. The minimum absolute atomic E-state index is 0.117. The van der Waals surface area contributed by atoms with Gasteiger partial charge in [0.15, 0.2) is 0 Å². The lowest BCUT2D eigenvalue weighted by Crippen LogP contribution is -2.35. The average Bonchev–Trinajstić information content (AvgIpc) is 3.19. The third-order valence-corrected chi connectivity index (χ3v) is 6.16. The Hall–Kier alpha value is -2.67. The fourth-order valence-corrected chi connectivity index (χ4v) is 4.45. The molecule has 162 valence electrons. The van der Waals surface area contributed by atoms with Crippen molar-refractivity contribution in [3.8, 4) is 0 Å². The summed E-state index contributed by atoms with van der Waals surface area (Å²) in [6.45, 7) is 13.2. The lowest BCUT2D eigenvalue weighted by Gasteiger charge is -2.19. The molecule has 1 aromatic heterocycles. The number of aryl methyl sites for hydroxylation is 1. The van der Waals surface area contributed by atoms with Crippen LogP contribution in [0, 0.1) is 19.7 Å². The summed E-state index contributed by atoms with van der Waals surface area (Å²) in [5, 5.41) is 5.84. The Morgan fingerprint density at radius 2 is 1.97 bits per heavy atom. The van der Waals surface area contributed by atoms with Gasteiger partial charge in [0.05, 0.1) is 11.5 Å². The molecule has 2 heterocycles. The molecule has 6 nitrogen and oxygen atoms in total. The van der Waals surface area contributed by atoms with Gasteiger partial charge in [-0.1, -0.05) is 20.8 Å². The van der Waals surface area contributed by atoms with E-state index in [0.717, 1.165) is 36.6 Å². The molecule has 0 saturated carbocycles. The summed E-state index contributed by atoms with van der Waals surface area (Å²) in [5.41, 5.74) is 4.36. The van der Waals surface area contributed by atoms with Gasteiger partial charge in [0.25, 0.3) is 5.91 Å². The van der Waals surface area contributed by atoms with Crippen LogP contribution in [0.1, 0.15) is 65.5 Å². The Labute approximate surface area is 177 Å². The van der Waals surface area contributed by atoms with E-state index in [4.69, 9.17) is 0 Å². The van der Waals surface area contributed by atoms with Gasteiger partial charge in [0.1, 0.15) is 5.82 Å². The number of anilines is 1. The van der Waals surface area contributed by atoms with Crippen LogP contribution in [0.2, 0.25) is 0 Å². The van der Waals surface area contributed by atoms with E-state index in [1.165, 1.54) is 12.1 Å². The molecule has 2 unspecified atom stereocenters. The van der Waals surface area contributed by atoms with Gasteiger partial charge in [-0.15, -0.1) is 0 Å². The number of likely N-dealkylation sites (N-methyl/N-ethyl adjacent to an activating group) is 1. The molecule has 30 heavy (non-hydrogen) atoms. The molecule has 7 heteroatoms. The van der Waals surface area contributed by atoms with Crippen LogP contribution in [0.5, 0.6) is 0 Å². The van der Waals surface area contributed by atoms with E-state index < -0.39 is 5.92 Å². The standard InChI is InChI=1S/C23H31FN4O2/c1-6-28(7-2)11-10-25-22(29)19-13(3)21(26-15(19)5)14(4)20-17-12-16(24)8-9-18(17)27-23(20)30/h8-9,12,14,20,26H,6-7,10-11H2,1-5H3,(H,25,29)(H,27,30). The summed E-state index contributed by atoms with van der Waals surface area (Å²) >= 11 is 0. The van der Waals surface area contributed by atoms with Crippen molar-refractivity contribution in [2.75, 3.05) is 31.5 Å². The number of fused-ring (bicyclic) bond motifs is 1. The first-order chi connectivity index (χ1) is 14.3. The summed E-state index contributed by atoms with van der Waals surface area (Å²) in [6.07, 6.45) is 0. The Kier molecular flexibility index (Phi) is 6.61. The SMILES string of the molecule is CCN(CC)CCNC(=O)c1c(C)[nH]c(C(C)C2C(=O)Nc3ccc(F)cc32)c1C. The average molecular weight is 415 g/mol. The van der Waals surface area contributed by atoms with Crippen LogP contribution >= 0.6 is 0 Å². The summed E-state index contributed by atoms with van der Waals surface area (Å²) in [6, 6.07) is 4.36. The lowest BCUT2D eigenvalue weighted by molar-refractivity contribution is -0.117. The van der Waals surface area contributed by atoms with Gasteiger partial charge in [-0.05, 0) is 56.3 Å². The maximum atomic E-state index is 13.8. The minimum atomic E-state index is -0.508. The van der Waals surface area contributed by atoms with E-state index in [-0.39, 0.29) is 23.5 Å². The van der Waals surface area contributed by atoms with Crippen molar-refractivity contribution in [3.05, 3.63) is 52.1 Å². The summed E-state index contributed by atoms with van der Waals surface area (Å²) < 4.78 is 13.8. The topological polar surface area (TPSA) is 77.2 Å². The molecule has 1 aliphatic heterocycles. The van der Waals surface area contributed by atoms with Crippen molar-refractivity contribution in [2.24, 2.45) is 0 Å². The molecule has 2 atom stereocenters. The van der Waals surface area contributed by atoms with Gasteiger partial charge in [0.2, 0.25) is 5.91 Å². The largest absolute Gasteiger partial charge is 0.361 e. The third kappa shape index (κ3) is 4.12. The molecule has 3 N–H and O–H groups in total. The Morgan fingerprint density at radius 3 is 2.63 bits per heavy atom. The van der Waals surface area contributed by atoms with Crippen LogP contribution in [-0.2, 0) is 4.79 Å². The van der Waals surface area contributed by atoms with E-state index in [9.17, 15) is 14.0 Å². The highest BCUT2D eigenvalue weighted by atomic mass is 19.1. The quantitative estimate of drug-likeness (QED) is 0.617. The van der Waals surface area contributed by atoms with Gasteiger partial charge < -0.3 is 20.5 Å². The van der Waals surface area contributed by atoms with E-state index >= 15 is 0 Å². The summed E-state index contributed by atoms with van der Waals surface area (Å²) in [5.74, 6) is -1.38. The zero-order chi connectivity index (χ0) is 22.0. The highest BCUT2D eigenvalue weighted by Crippen LogP contribution is 2.43. The number of amides is 2. The number of hydrogen-bond acceptors (Lipinski definition) is 3. The number of nitrogens with zero attached hydrogens (tertiary/aromatic N) is 1. The van der Waals surface area contributed by atoms with Crippen LogP contribution in [0.25, 0.3) is 0 Å². The van der Waals surface area contributed by atoms with Gasteiger partial charge in [-0.25, -0.2) is 4.39 Å². The second-order valence-electron chi connectivity index (χ2n) is 7.93. The first-order valence-electron chi connectivity index (χ1n) is 10.6. The predicted molar refractivity (Wildman–Crippen MR) is 117 cm³/mol. The van der Waals surface area contributed by atoms with Crippen molar-refractivity contribution in [1.82, 2.24) is 15.2 Å². The number of hydrogen-bond donors (Lipinski definition) is 3. The van der Waals surface area contributed by atoms with Crippen molar-refractivity contribution in [2.45, 2.75) is 46.5 Å². The fourth-order valence-electron chi connectivity index (χ4n) is 4.45. The molecule has 3 rings (SSSR count). The van der Waals surface area contributed by atoms with E-state index in [2.05, 4.69) is 34.4 Å². The zero-order valence-electron chi connectivity index (χ0n) is 18.4.